The van der Waals surface area contributed by atoms with Crippen LogP contribution in [-0.4, -0.2) is 53.9 Å². The summed E-state index contributed by atoms with van der Waals surface area (Å²) in [7, 11) is 0. The van der Waals surface area contributed by atoms with Gasteiger partial charge in [0.15, 0.2) is 0 Å². The van der Waals surface area contributed by atoms with E-state index in [1.807, 2.05) is 0 Å². The van der Waals surface area contributed by atoms with Crippen LogP contribution in [0.4, 0.5) is 0 Å². The van der Waals surface area contributed by atoms with E-state index in [2.05, 4.69) is 25.7 Å². The Morgan fingerprint density at radius 3 is 2.25 bits per heavy atom. The number of rotatable bonds is 4. The molecule has 2 nitrogen and oxygen atoms in total. The molecule has 0 radical (unpaired) electrons. The van der Waals surface area contributed by atoms with E-state index in [-0.39, 0.29) is 0 Å². The van der Waals surface area contributed by atoms with Crippen molar-refractivity contribution in [2.45, 2.75) is 44.6 Å². The van der Waals surface area contributed by atoms with Gasteiger partial charge in [0.2, 0.25) is 0 Å². The molecule has 16 heavy (non-hydrogen) atoms. The molecule has 0 saturated carbocycles. The predicted octanol–water partition coefficient (Wildman–Crippen LogP) is 2.72. The van der Waals surface area contributed by atoms with Crippen molar-refractivity contribution in [3.8, 4) is 0 Å². The van der Waals surface area contributed by atoms with Crippen molar-refractivity contribution < 1.29 is 0 Å². The van der Waals surface area contributed by atoms with Crippen LogP contribution in [0.25, 0.3) is 0 Å². The summed E-state index contributed by atoms with van der Waals surface area (Å²) < 4.78 is 0. The molecule has 0 amide bonds. The maximum atomic E-state index is 3.52. The van der Waals surface area contributed by atoms with Crippen molar-refractivity contribution in [3.05, 3.63) is 0 Å². The van der Waals surface area contributed by atoms with E-state index in [9.17, 15) is 0 Å². The van der Waals surface area contributed by atoms with Gasteiger partial charge in [0.25, 0.3) is 0 Å². The van der Waals surface area contributed by atoms with Crippen LogP contribution in [0.2, 0.25) is 0 Å². The fourth-order valence-electron chi connectivity index (χ4n) is 3.07. The number of hydrogen-bond donors (Lipinski definition) is 0. The van der Waals surface area contributed by atoms with Gasteiger partial charge in [0.05, 0.1) is 0 Å². The number of hydrogen-bond acceptors (Lipinski definition) is 2. The lowest BCUT2D eigenvalue weighted by Gasteiger charge is -2.40. The minimum atomic E-state index is 0.903. The van der Waals surface area contributed by atoms with Gasteiger partial charge in [0, 0.05) is 11.4 Å². The average molecular weight is 289 g/mol. The van der Waals surface area contributed by atoms with E-state index >= 15 is 0 Å². The lowest BCUT2D eigenvalue weighted by molar-refractivity contribution is 0.0928. The summed E-state index contributed by atoms with van der Waals surface area (Å²) in [5.74, 6) is 0. The Kier molecular flexibility index (Phi) is 5.60. The molecule has 0 aliphatic carbocycles. The SMILES string of the molecule is BrCCCN1CCC(N2CCCCC2)CC1. The van der Waals surface area contributed by atoms with Gasteiger partial charge >= 0.3 is 0 Å². The highest BCUT2D eigenvalue weighted by atomic mass is 79.9. The van der Waals surface area contributed by atoms with Crippen molar-refractivity contribution >= 4 is 15.9 Å². The van der Waals surface area contributed by atoms with Crippen LogP contribution < -0.4 is 0 Å². The third-order valence-corrected chi connectivity index (χ3v) is 4.63. The molecule has 0 atom stereocenters. The average Bonchev–Trinajstić information content (AvgIpc) is 2.38. The first-order valence-corrected chi connectivity index (χ1v) is 8.04. The fourth-order valence-corrected chi connectivity index (χ4v) is 3.33. The van der Waals surface area contributed by atoms with Gasteiger partial charge in [-0.15, -0.1) is 0 Å². The molecule has 2 aliphatic rings. The van der Waals surface area contributed by atoms with Crippen LogP contribution in [0, 0.1) is 0 Å². The Bertz CT molecular complexity index is 184. The molecule has 0 aromatic carbocycles. The Hall–Kier alpha value is 0.400. The van der Waals surface area contributed by atoms with Gasteiger partial charge in [-0.2, -0.15) is 0 Å². The molecule has 0 N–H and O–H groups in total. The van der Waals surface area contributed by atoms with Gasteiger partial charge < -0.3 is 9.80 Å². The summed E-state index contributed by atoms with van der Waals surface area (Å²) in [6.45, 7) is 6.68. The molecule has 0 aromatic rings. The normalized spacial score (nSPS) is 26.1. The molecule has 2 fully saturated rings. The summed E-state index contributed by atoms with van der Waals surface area (Å²) >= 11 is 3.52. The lowest BCUT2D eigenvalue weighted by atomic mass is 10.00. The summed E-state index contributed by atoms with van der Waals surface area (Å²) in [5, 5.41) is 1.15. The number of alkyl halides is 1. The molecule has 2 saturated heterocycles. The molecule has 2 rings (SSSR count). The number of likely N-dealkylation sites (tertiary alicyclic amines) is 2. The minimum absolute atomic E-state index is 0.903. The van der Waals surface area contributed by atoms with Crippen molar-refractivity contribution in [2.24, 2.45) is 0 Å². The van der Waals surface area contributed by atoms with Gasteiger partial charge in [-0.05, 0) is 64.8 Å². The van der Waals surface area contributed by atoms with Gasteiger partial charge in [-0.1, -0.05) is 22.4 Å². The maximum absolute atomic E-state index is 3.52. The zero-order valence-electron chi connectivity index (χ0n) is 10.3. The highest BCUT2D eigenvalue weighted by Crippen LogP contribution is 2.20. The van der Waals surface area contributed by atoms with Crippen LogP contribution in [0.15, 0.2) is 0 Å². The predicted molar refractivity (Wildman–Crippen MR) is 73.3 cm³/mol. The molecule has 3 heteroatoms. The largest absolute Gasteiger partial charge is 0.303 e. The Morgan fingerprint density at radius 1 is 0.938 bits per heavy atom. The molecule has 0 aromatic heterocycles. The Balaban J connectivity index is 1.67. The van der Waals surface area contributed by atoms with Crippen LogP contribution >= 0.6 is 15.9 Å². The monoisotopic (exact) mass is 288 g/mol. The first kappa shape index (κ1) is 12.8. The van der Waals surface area contributed by atoms with E-state index in [4.69, 9.17) is 0 Å². The topological polar surface area (TPSA) is 6.48 Å². The molecule has 0 unspecified atom stereocenters. The summed E-state index contributed by atoms with van der Waals surface area (Å²) in [6, 6.07) is 0.903. The van der Waals surface area contributed by atoms with E-state index in [1.54, 1.807) is 0 Å². The molecular formula is C13H25BrN2. The van der Waals surface area contributed by atoms with Gasteiger partial charge in [-0.3, -0.25) is 0 Å². The van der Waals surface area contributed by atoms with Crippen LogP contribution in [0.3, 0.4) is 0 Å². The smallest absolute Gasteiger partial charge is 0.0120 e. The Morgan fingerprint density at radius 2 is 1.62 bits per heavy atom. The second kappa shape index (κ2) is 6.97. The zero-order chi connectivity index (χ0) is 11.2. The summed E-state index contributed by atoms with van der Waals surface area (Å²) in [6.07, 6.45) is 8.44. The van der Waals surface area contributed by atoms with Crippen molar-refractivity contribution in [1.29, 1.82) is 0 Å². The first-order chi connectivity index (χ1) is 7.90. The molecule has 0 bridgehead atoms. The zero-order valence-corrected chi connectivity index (χ0v) is 11.9. The standard InChI is InChI=1S/C13H25BrN2/c14-7-4-8-15-11-5-13(6-12-15)16-9-2-1-3-10-16/h13H,1-12H2. The molecular weight excluding hydrogens is 264 g/mol. The van der Waals surface area contributed by atoms with E-state index < -0.39 is 0 Å². The Labute approximate surface area is 108 Å². The molecule has 2 aliphatic heterocycles. The van der Waals surface area contributed by atoms with Crippen LogP contribution in [0.5, 0.6) is 0 Å². The number of piperidine rings is 2. The fraction of sp³-hybridized carbons (Fsp3) is 1.00. The first-order valence-electron chi connectivity index (χ1n) is 6.92. The van der Waals surface area contributed by atoms with Crippen molar-refractivity contribution in [1.82, 2.24) is 9.80 Å². The molecule has 0 spiro atoms. The van der Waals surface area contributed by atoms with Gasteiger partial charge in [-0.25, -0.2) is 0 Å². The van der Waals surface area contributed by atoms with E-state index in [1.165, 1.54) is 71.2 Å². The third kappa shape index (κ3) is 3.71. The molecule has 2 heterocycles. The summed E-state index contributed by atoms with van der Waals surface area (Å²) in [4.78, 5) is 5.40. The quantitative estimate of drug-likeness (QED) is 0.734. The number of nitrogens with zero attached hydrogens (tertiary/aromatic N) is 2. The van der Waals surface area contributed by atoms with Crippen molar-refractivity contribution in [2.75, 3.05) is 38.1 Å². The highest BCUT2D eigenvalue weighted by Gasteiger charge is 2.24. The van der Waals surface area contributed by atoms with E-state index in [0.29, 0.717) is 0 Å². The third-order valence-electron chi connectivity index (χ3n) is 4.07. The summed E-state index contributed by atoms with van der Waals surface area (Å²) in [5.41, 5.74) is 0. The van der Waals surface area contributed by atoms with Crippen LogP contribution in [0.1, 0.15) is 38.5 Å². The maximum Gasteiger partial charge on any atom is 0.0120 e. The second-order valence-electron chi connectivity index (χ2n) is 5.21. The molecule has 94 valence electrons. The van der Waals surface area contributed by atoms with E-state index in [0.717, 1.165) is 11.4 Å². The highest BCUT2D eigenvalue weighted by molar-refractivity contribution is 9.09. The van der Waals surface area contributed by atoms with Crippen LogP contribution in [-0.2, 0) is 0 Å². The lowest BCUT2D eigenvalue weighted by Crippen LogP contribution is -2.46. The van der Waals surface area contributed by atoms with Crippen molar-refractivity contribution in [3.63, 3.8) is 0 Å². The minimum Gasteiger partial charge on any atom is -0.303 e. The number of halogens is 1. The second-order valence-corrected chi connectivity index (χ2v) is 6.00. The van der Waals surface area contributed by atoms with Gasteiger partial charge in [0.1, 0.15) is 0 Å².